The second kappa shape index (κ2) is 3.86. The molecule has 1 rings (SSSR count). The van der Waals surface area contributed by atoms with E-state index in [0.29, 0.717) is 0 Å². The van der Waals surface area contributed by atoms with Crippen LogP contribution in [-0.2, 0) is 27.2 Å². The molecule has 0 aromatic carbocycles. The van der Waals surface area contributed by atoms with Gasteiger partial charge in [0.1, 0.15) is 0 Å². The Morgan fingerprint density at radius 2 is 2.00 bits per heavy atom. The van der Waals surface area contributed by atoms with Gasteiger partial charge in [-0.15, -0.1) is 0 Å². The van der Waals surface area contributed by atoms with Crippen molar-refractivity contribution in [2.24, 2.45) is 0 Å². The van der Waals surface area contributed by atoms with Crippen molar-refractivity contribution in [3.8, 4) is 0 Å². The molecule has 1 aromatic rings. The van der Waals surface area contributed by atoms with E-state index in [4.69, 9.17) is 4.55 Å². The minimum atomic E-state index is -4.38. The van der Waals surface area contributed by atoms with Crippen LogP contribution in [0.15, 0.2) is 29.4 Å². The van der Waals surface area contributed by atoms with E-state index < -0.39 is 15.1 Å². The fraction of sp³-hybridized carbons (Fsp3) is 0. The van der Waals surface area contributed by atoms with Crippen LogP contribution >= 0.6 is 0 Å². The van der Waals surface area contributed by atoms with Gasteiger partial charge in [-0.05, 0) is 6.07 Å². The molecule has 0 aliphatic rings. The van der Waals surface area contributed by atoms with Gasteiger partial charge >= 0.3 is 15.1 Å². The summed E-state index contributed by atoms with van der Waals surface area (Å²) in [5, 5.41) is 9.98. The van der Waals surface area contributed by atoms with E-state index in [-0.39, 0.29) is 21.8 Å². The fourth-order valence-corrected chi connectivity index (χ4v) is 1.15. The molecule has 5 nitrogen and oxygen atoms in total. The van der Waals surface area contributed by atoms with Crippen LogP contribution in [-0.4, -0.2) is 13.0 Å². The third kappa shape index (κ3) is 2.45. The smallest absolute Gasteiger partial charge is 0.356 e. The Balaban J connectivity index is 0.00000121. The summed E-state index contributed by atoms with van der Waals surface area (Å²) in [6, 6.07) is 3.72. The predicted octanol–water partition coefficient (Wildman–Crippen LogP) is -0.436. The Morgan fingerprint density at radius 3 is 2.33 bits per heavy atom. The van der Waals surface area contributed by atoms with Crippen LogP contribution in [0.5, 0.6) is 0 Å². The molecular formula is C5H5CuNO4S. The maximum atomic E-state index is 10.6. The molecule has 0 unspecified atom stereocenters. The van der Waals surface area contributed by atoms with Gasteiger partial charge in [0.05, 0.1) is 0 Å². The number of aromatic nitrogens is 1. The Hall–Kier alpha value is -0.621. The SMILES string of the molecule is O=S(=O)(O)c1cccc[n+]1[O-].[Cu]. The molecule has 1 heterocycles. The summed E-state index contributed by atoms with van der Waals surface area (Å²) in [4.78, 5) is 0. The monoisotopic (exact) mass is 238 g/mol. The molecule has 0 saturated heterocycles. The van der Waals surface area contributed by atoms with E-state index in [0.717, 1.165) is 12.3 Å². The molecule has 1 radical (unpaired) electrons. The van der Waals surface area contributed by atoms with Crippen molar-refractivity contribution in [3.63, 3.8) is 0 Å². The topological polar surface area (TPSA) is 81.3 Å². The summed E-state index contributed by atoms with van der Waals surface area (Å²) in [5.41, 5.74) is 0. The van der Waals surface area contributed by atoms with Gasteiger partial charge in [0.15, 0.2) is 6.20 Å². The number of rotatable bonds is 1. The van der Waals surface area contributed by atoms with Gasteiger partial charge in [0.25, 0.3) is 0 Å². The van der Waals surface area contributed by atoms with Crippen LogP contribution in [0.1, 0.15) is 0 Å². The van der Waals surface area contributed by atoms with Crippen LogP contribution in [0, 0.1) is 5.21 Å². The maximum absolute atomic E-state index is 10.6. The van der Waals surface area contributed by atoms with Crippen molar-refractivity contribution in [2.75, 3.05) is 0 Å². The summed E-state index contributed by atoms with van der Waals surface area (Å²) in [5.74, 6) is 0. The molecule has 0 aliphatic heterocycles. The van der Waals surface area contributed by atoms with Crippen molar-refractivity contribution in [1.29, 1.82) is 0 Å². The normalized spacial score (nSPS) is 10.4. The van der Waals surface area contributed by atoms with Gasteiger partial charge in [0.2, 0.25) is 0 Å². The molecule has 0 bridgehead atoms. The summed E-state index contributed by atoms with van der Waals surface area (Å²) in [7, 11) is -4.38. The molecule has 1 aromatic heterocycles. The number of hydrogen-bond acceptors (Lipinski definition) is 3. The minimum Gasteiger partial charge on any atom is -0.618 e. The average Bonchev–Trinajstić information content (AvgIpc) is 1.86. The molecule has 0 fully saturated rings. The van der Waals surface area contributed by atoms with E-state index in [1.165, 1.54) is 12.1 Å². The summed E-state index contributed by atoms with van der Waals surface area (Å²) in [6.45, 7) is 0. The average molecular weight is 239 g/mol. The first-order valence-corrected chi connectivity index (χ1v) is 4.11. The maximum Gasteiger partial charge on any atom is 0.356 e. The quantitative estimate of drug-likeness (QED) is 0.311. The first kappa shape index (κ1) is 11.4. The minimum absolute atomic E-state index is 0. The molecular weight excluding hydrogens is 234 g/mol. The van der Waals surface area contributed by atoms with E-state index >= 15 is 0 Å². The van der Waals surface area contributed by atoms with E-state index in [9.17, 15) is 13.6 Å². The Kier molecular flexibility index (Phi) is 3.66. The Labute approximate surface area is 79.8 Å². The number of nitrogens with zero attached hydrogens (tertiary/aromatic N) is 1. The van der Waals surface area contributed by atoms with Gasteiger partial charge in [-0.1, -0.05) is 0 Å². The first-order chi connectivity index (χ1) is 5.02. The summed E-state index contributed by atoms with van der Waals surface area (Å²) in [6.07, 6.45) is 0.989. The van der Waals surface area contributed by atoms with Crippen molar-refractivity contribution >= 4 is 10.1 Å². The van der Waals surface area contributed by atoms with Crippen molar-refractivity contribution in [2.45, 2.75) is 5.03 Å². The van der Waals surface area contributed by atoms with E-state index in [2.05, 4.69) is 0 Å². The molecule has 0 aliphatic carbocycles. The van der Waals surface area contributed by atoms with Crippen LogP contribution < -0.4 is 4.73 Å². The van der Waals surface area contributed by atoms with Gasteiger partial charge in [-0.25, -0.2) is 0 Å². The molecule has 71 valence electrons. The Morgan fingerprint density at radius 1 is 1.42 bits per heavy atom. The number of hydrogen-bond donors (Lipinski definition) is 1. The first-order valence-electron chi connectivity index (χ1n) is 2.67. The fourth-order valence-electron chi connectivity index (χ4n) is 0.612. The van der Waals surface area contributed by atoms with Crippen LogP contribution in [0.3, 0.4) is 0 Å². The molecule has 0 atom stereocenters. The molecule has 0 spiro atoms. The van der Waals surface area contributed by atoms with Gasteiger partial charge in [-0.2, -0.15) is 13.1 Å². The second-order valence-electron chi connectivity index (χ2n) is 1.84. The third-order valence-corrected chi connectivity index (χ3v) is 1.90. The largest absolute Gasteiger partial charge is 0.618 e. The molecule has 0 saturated carbocycles. The van der Waals surface area contributed by atoms with E-state index in [1.807, 2.05) is 0 Å². The zero-order valence-electron chi connectivity index (χ0n) is 5.64. The van der Waals surface area contributed by atoms with Crippen LogP contribution in [0.2, 0.25) is 0 Å². The van der Waals surface area contributed by atoms with Crippen molar-refractivity contribution < 1.29 is 34.8 Å². The second-order valence-corrected chi connectivity index (χ2v) is 3.21. The van der Waals surface area contributed by atoms with Crippen molar-refractivity contribution in [1.82, 2.24) is 0 Å². The molecule has 1 N–H and O–H groups in total. The molecule has 7 heteroatoms. The van der Waals surface area contributed by atoms with Gasteiger partial charge in [-0.3, -0.25) is 4.55 Å². The standard InChI is InChI=1S/C5H5NO4S.Cu/c7-6-4-2-1-3-5(6)11(8,9)10;/h1-4H,(H,8,9,10);. The Bertz CT molecular complexity index is 363. The molecule has 0 amide bonds. The predicted molar refractivity (Wildman–Crippen MR) is 35.2 cm³/mol. The number of pyridine rings is 1. The van der Waals surface area contributed by atoms with Gasteiger partial charge < -0.3 is 5.21 Å². The zero-order valence-corrected chi connectivity index (χ0v) is 7.40. The van der Waals surface area contributed by atoms with Crippen LogP contribution in [0.4, 0.5) is 0 Å². The van der Waals surface area contributed by atoms with Crippen LogP contribution in [0.25, 0.3) is 0 Å². The third-order valence-electron chi connectivity index (χ3n) is 1.05. The van der Waals surface area contributed by atoms with E-state index in [1.54, 1.807) is 0 Å². The summed E-state index contributed by atoms with van der Waals surface area (Å²) < 4.78 is 29.3. The molecule has 12 heavy (non-hydrogen) atoms. The zero-order chi connectivity index (χ0) is 8.48. The van der Waals surface area contributed by atoms with Gasteiger partial charge in [0, 0.05) is 29.2 Å². The van der Waals surface area contributed by atoms with Crippen molar-refractivity contribution in [3.05, 3.63) is 29.6 Å². The summed E-state index contributed by atoms with van der Waals surface area (Å²) >= 11 is 0.